The minimum absolute atomic E-state index is 0.0324. The van der Waals surface area contributed by atoms with Crippen LogP contribution in [0.4, 0.5) is 0 Å². The topological polar surface area (TPSA) is 134 Å². The molecular weight excluding hydrogens is 390 g/mol. The van der Waals surface area contributed by atoms with Crippen molar-refractivity contribution in [2.45, 2.75) is 109 Å². The summed E-state index contributed by atoms with van der Waals surface area (Å²) >= 11 is 0. The minimum Gasteiger partial charge on any atom is -0.392 e. The van der Waals surface area contributed by atoms with E-state index in [4.69, 9.17) is 4.74 Å². The zero-order valence-corrected chi connectivity index (χ0v) is 19.9. The highest BCUT2D eigenvalue weighted by molar-refractivity contribution is 4.97. The van der Waals surface area contributed by atoms with Crippen LogP contribution in [0.1, 0.15) is 61.3 Å². The molecule has 180 valence electrons. The molecule has 0 aromatic carbocycles. The highest BCUT2D eigenvalue weighted by atomic mass is 16.6. The first kappa shape index (κ1) is 27.7. The third-order valence-electron chi connectivity index (χ3n) is 7.10. The van der Waals surface area contributed by atoms with E-state index in [0.29, 0.717) is 13.0 Å². The largest absolute Gasteiger partial charge is 0.392 e. The van der Waals surface area contributed by atoms with Crippen molar-refractivity contribution in [3.8, 4) is 0 Å². The van der Waals surface area contributed by atoms with E-state index in [0.717, 1.165) is 0 Å². The molecule has 8 heteroatoms. The molecule has 6 N–H and O–H groups in total. The Kier molecular flexibility index (Phi) is 9.73. The lowest BCUT2D eigenvalue weighted by Crippen LogP contribution is -2.59. The van der Waals surface area contributed by atoms with Crippen molar-refractivity contribution in [2.75, 3.05) is 13.6 Å². The van der Waals surface area contributed by atoms with Crippen LogP contribution in [0.25, 0.3) is 0 Å². The summed E-state index contributed by atoms with van der Waals surface area (Å²) in [6, 6.07) is -0.431. The number of aliphatic hydroxyl groups is 6. The lowest BCUT2D eigenvalue weighted by Gasteiger charge is -2.43. The van der Waals surface area contributed by atoms with E-state index in [1.807, 2.05) is 18.9 Å². The molecule has 0 aromatic heterocycles. The van der Waals surface area contributed by atoms with Crippen molar-refractivity contribution in [2.24, 2.45) is 17.8 Å². The fourth-order valence-corrected chi connectivity index (χ4v) is 4.81. The summed E-state index contributed by atoms with van der Waals surface area (Å²) in [5.41, 5.74) is -3.10. The van der Waals surface area contributed by atoms with Crippen molar-refractivity contribution < 1.29 is 35.4 Å². The van der Waals surface area contributed by atoms with Crippen molar-refractivity contribution in [3.05, 3.63) is 0 Å². The third-order valence-corrected chi connectivity index (χ3v) is 7.10. The van der Waals surface area contributed by atoms with Crippen LogP contribution in [0.2, 0.25) is 0 Å². The van der Waals surface area contributed by atoms with Gasteiger partial charge in [0.05, 0.1) is 23.9 Å². The SMILES string of the molecule is CC[C@H]1OC(O)[C@H](C)[C@@H](O)[C@H](C)[C@@H](O)[C@](C)(O)C[C@@H](C)CN(C)[C@H](C)[C@@H](O)[C@]1(C)O. The van der Waals surface area contributed by atoms with Gasteiger partial charge < -0.3 is 40.3 Å². The van der Waals surface area contributed by atoms with Crippen LogP contribution in [0.5, 0.6) is 0 Å². The standard InChI is InChI=1S/C22H45NO7/c1-9-16-22(7,29)19(26)15(5)23(8)11-12(2)10-21(6,28)18(25)13(3)17(24)14(4)20(27)30-16/h12-20,24-29H,9-11H2,1-8H3/t12-,13+,14-,15-,16-,17+,18-,19-,20?,21-,22-/m1/s1. The molecule has 1 aliphatic heterocycles. The molecule has 0 aromatic rings. The summed E-state index contributed by atoms with van der Waals surface area (Å²) in [6.07, 6.45) is -5.23. The van der Waals surface area contributed by atoms with Gasteiger partial charge in [-0.3, -0.25) is 0 Å². The summed E-state index contributed by atoms with van der Waals surface area (Å²) in [5, 5.41) is 65.1. The number of rotatable bonds is 1. The zero-order valence-electron chi connectivity index (χ0n) is 19.9. The van der Waals surface area contributed by atoms with Crippen molar-refractivity contribution >= 4 is 0 Å². The molecule has 1 heterocycles. The first-order valence-electron chi connectivity index (χ1n) is 11.1. The summed E-state index contributed by atoms with van der Waals surface area (Å²) < 4.78 is 5.71. The highest BCUT2D eigenvalue weighted by Crippen LogP contribution is 2.33. The monoisotopic (exact) mass is 435 g/mol. The van der Waals surface area contributed by atoms with Gasteiger partial charge in [0.2, 0.25) is 0 Å². The quantitative estimate of drug-likeness (QED) is 0.347. The van der Waals surface area contributed by atoms with Gasteiger partial charge in [-0.25, -0.2) is 0 Å². The number of likely N-dealkylation sites (N-methyl/N-ethyl adjacent to an activating group) is 1. The molecule has 0 radical (unpaired) electrons. The average Bonchev–Trinajstić information content (AvgIpc) is 2.66. The van der Waals surface area contributed by atoms with Gasteiger partial charge >= 0.3 is 0 Å². The molecule has 30 heavy (non-hydrogen) atoms. The van der Waals surface area contributed by atoms with Crippen molar-refractivity contribution in [1.29, 1.82) is 0 Å². The Morgan fingerprint density at radius 3 is 1.97 bits per heavy atom. The minimum atomic E-state index is -1.64. The fraction of sp³-hybridized carbons (Fsp3) is 1.00. The Hall–Kier alpha value is -0.320. The van der Waals surface area contributed by atoms with Gasteiger partial charge in [0.25, 0.3) is 0 Å². The fourth-order valence-electron chi connectivity index (χ4n) is 4.81. The summed E-state index contributed by atoms with van der Waals surface area (Å²) in [5.74, 6) is -1.56. The number of nitrogens with zero attached hydrogens (tertiary/aromatic N) is 1. The number of ether oxygens (including phenoxy) is 1. The van der Waals surface area contributed by atoms with Crippen molar-refractivity contribution in [1.82, 2.24) is 4.90 Å². The van der Waals surface area contributed by atoms with Gasteiger partial charge in [0.1, 0.15) is 11.7 Å². The van der Waals surface area contributed by atoms with E-state index < -0.39 is 59.8 Å². The first-order valence-corrected chi connectivity index (χ1v) is 11.1. The maximum Gasteiger partial charge on any atom is 0.160 e. The van der Waals surface area contributed by atoms with Crippen LogP contribution in [0.3, 0.4) is 0 Å². The molecule has 1 rings (SSSR count). The van der Waals surface area contributed by atoms with E-state index in [1.54, 1.807) is 34.6 Å². The Labute approximate surface area is 181 Å². The molecule has 0 spiro atoms. The maximum absolute atomic E-state index is 11.1. The third kappa shape index (κ3) is 6.13. The molecule has 0 aliphatic carbocycles. The van der Waals surface area contributed by atoms with Crippen LogP contribution < -0.4 is 0 Å². The molecule has 1 saturated heterocycles. The second kappa shape index (κ2) is 10.5. The predicted octanol–water partition coefficient (Wildman–Crippen LogP) is 0.317. The molecule has 0 bridgehead atoms. The molecule has 1 unspecified atom stereocenters. The van der Waals surface area contributed by atoms with Gasteiger partial charge in [0, 0.05) is 24.4 Å². The summed E-state index contributed by atoms with van der Waals surface area (Å²) in [4.78, 5) is 1.90. The van der Waals surface area contributed by atoms with Gasteiger partial charge in [-0.15, -0.1) is 0 Å². The molecule has 0 amide bonds. The van der Waals surface area contributed by atoms with Crippen molar-refractivity contribution in [3.63, 3.8) is 0 Å². The van der Waals surface area contributed by atoms with Crippen LogP contribution in [-0.4, -0.2) is 97.1 Å². The molecular formula is C22H45NO7. The number of aliphatic hydroxyl groups excluding tert-OH is 4. The maximum atomic E-state index is 11.1. The van der Waals surface area contributed by atoms with Gasteiger partial charge in [-0.05, 0) is 46.6 Å². The lowest BCUT2D eigenvalue weighted by molar-refractivity contribution is -0.247. The van der Waals surface area contributed by atoms with Crippen LogP contribution in [-0.2, 0) is 4.74 Å². The second-order valence-corrected chi connectivity index (χ2v) is 10.1. The smallest absolute Gasteiger partial charge is 0.160 e. The number of hydrogen-bond donors (Lipinski definition) is 6. The molecule has 11 atom stereocenters. The lowest BCUT2D eigenvalue weighted by atomic mass is 9.78. The molecule has 1 fully saturated rings. The predicted molar refractivity (Wildman–Crippen MR) is 115 cm³/mol. The highest BCUT2D eigenvalue weighted by Gasteiger charge is 2.46. The van der Waals surface area contributed by atoms with Crippen LogP contribution >= 0.6 is 0 Å². The van der Waals surface area contributed by atoms with E-state index in [-0.39, 0.29) is 12.3 Å². The van der Waals surface area contributed by atoms with E-state index in [9.17, 15) is 30.6 Å². The first-order chi connectivity index (χ1) is 13.6. The molecule has 1 aliphatic rings. The van der Waals surface area contributed by atoms with Crippen LogP contribution in [0.15, 0.2) is 0 Å². The second-order valence-electron chi connectivity index (χ2n) is 10.1. The number of hydrogen-bond acceptors (Lipinski definition) is 8. The Balaban J connectivity index is 3.34. The summed E-state index contributed by atoms with van der Waals surface area (Å²) in [7, 11) is 1.83. The Morgan fingerprint density at radius 2 is 1.47 bits per heavy atom. The van der Waals surface area contributed by atoms with Gasteiger partial charge in [-0.1, -0.05) is 27.7 Å². The zero-order chi connectivity index (χ0) is 23.6. The molecule has 0 saturated carbocycles. The summed E-state index contributed by atoms with van der Waals surface area (Å²) in [6.45, 7) is 12.3. The van der Waals surface area contributed by atoms with Crippen LogP contribution in [0, 0.1) is 17.8 Å². The Bertz CT molecular complexity index is 530. The average molecular weight is 436 g/mol. The van der Waals surface area contributed by atoms with E-state index in [1.165, 1.54) is 6.92 Å². The van der Waals surface area contributed by atoms with E-state index in [2.05, 4.69) is 0 Å². The van der Waals surface area contributed by atoms with Gasteiger partial charge in [0.15, 0.2) is 6.29 Å². The Morgan fingerprint density at radius 1 is 0.933 bits per heavy atom. The van der Waals surface area contributed by atoms with Gasteiger partial charge in [-0.2, -0.15) is 0 Å². The normalized spacial score (nSPS) is 51.2. The van der Waals surface area contributed by atoms with E-state index >= 15 is 0 Å². The molecule has 8 nitrogen and oxygen atoms in total.